The maximum absolute atomic E-state index is 11.4. The predicted molar refractivity (Wildman–Crippen MR) is 349 cm³/mol. The highest BCUT2D eigenvalue weighted by molar-refractivity contribution is 5.70. The van der Waals surface area contributed by atoms with Crippen LogP contribution in [0.3, 0.4) is 0 Å². The minimum absolute atomic E-state index is 0.0399. The van der Waals surface area contributed by atoms with E-state index in [9.17, 15) is 34.5 Å². The fourth-order valence-corrected chi connectivity index (χ4v) is 7.24. The van der Waals surface area contributed by atoms with Crippen LogP contribution in [0.2, 0.25) is 0 Å². The Balaban J connectivity index is -0.000000134. The molecular weight excluding hydrogens is 1070 g/mol. The molecule has 0 aromatic carbocycles. The number of aliphatic hydroxyl groups excluding tert-OH is 6. The van der Waals surface area contributed by atoms with Gasteiger partial charge in [-0.05, 0) is 109 Å². The van der Waals surface area contributed by atoms with E-state index in [-0.39, 0.29) is 73.5 Å². The van der Waals surface area contributed by atoms with Crippen LogP contribution in [-0.4, -0.2) is 137 Å². The van der Waals surface area contributed by atoms with Gasteiger partial charge in [0.1, 0.15) is 6.10 Å². The lowest BCUT2D eigenvalue weighted by Gasteiger charge is -2.24. The number of ether oxygens (including phenoxy) is 5. The Morgan fingerprint density at radius 1 is 0.369 bits per heavy atom. The van der Waals surface area contributed by atoms with Crippen LogP contribution in [-0.2, 0) is 42.9 Å². The maximum atomic E-state index is 11.4. The number of carbonyl (C=O) groups is 4. The van der Waals surface area contributed by atoms with Crippen molar-refractivity contribution < 1.29 is 78.6 Å². The van der Waals surface area contributed by atoms with Crippen molar-refractivity contribution in [3.63, 3.8) is 0 Å². The molecule has 0 bridgehead atoms. The lowest BCUT2D eigenvalue weighted by atomic mass is 9.97. The van der Waals surface area contributed by atoms with E-state index < -0.39 is 5.97 Å². The first-order valence-corrected chi connectivity index (χ1v) is 34.0. The van der Waals surface area contributed by atoms with E-state index in [2.05, 4.69) is 55.4 Å². The molecule has 0 radical (unpaired) electrons. The van der Waals surface area contributed by atoms with Crippen LogP contribution in [0.1, 0.15) is 317 Å². The lowest BCUT2D eigenvalue weighted by molar-refractivity contribution is -0.153. The zero-order chi connectivity index (χ0) is 66.0. The van der Waals surface area contributed by atoms with Crippen LogP contribution in [0, 0.1) is 23.7 Å². The molecule has 7 unspecified atom stereocenters. The van der Waals surface area contributed by atoms with Gasteiger partial charge in [-0.3, -0.25) is 19.2 Å². The van der Waals surface area contributed by atoms with Gasteiger partial charge in [0.15, 0.2) is 6.29 Å². The number of carboxylic acid groups (broad SMARTS) is 1. The molecule has 0 rings (SSSR count). The van der Waals surface area contributed by atoms with Crippen molar-refractivity contribution in [1.82, 2.24) is 0 Å². The zero-order valence-electron chi connectivity index (χ0n) is 58.0. The van der Waals surface area contributed by atoms with Gasteiger partial charge >= 0.3 is 23.9 Å². The molecule has 0 fully saturated rings. The Labute approximate surface area is 518 Å². The summed E-state index contributed by atoms with van der Waals surface area (Å²) >= 11 is 0. The van der Waals surface area contributed by atoms with E-state index in [1.807, 2.05) is 62.3 Å². The first kappa shape index (κ1) is 97.8. The van der Waals surface area contributed by atoms with Gasteiger partial charge in [-0.25, -0.2) is 0 Å². The van der Waals surface area contributed by atoms with Crippen LogP contribution < -0.4 is 0 Å². The second-order valence-electron chi connectivity index (χ2n) is 21.4. The first-order chi connectivity index (χ1) is 40.3. The third-order valence-corrected chi connectivity index (χ3v) is 13.2. The monoisotopic (exact) mass is 1220 g/mol. The van der Waals surface area contributed by atoms with Gasteiger partial charge in [-0.1, -0.05) is 188 Å². The number of carbonyl (C=O) groups excluding carboxylic acids is 3. The number of aliphatic hydroxyl groups is 6. The van der Waals surface area contributed by atoms with Crippen molar-refractivity contribution in [2.75, 3.05) is 52.9 Å². The van der Waals surface area contributed by atoms with E-state index in [1.54, 1.807) is 0 Å². The highest BCUT2D eigenvalue weighted by Gasteiger charge is 2.22. The topological polar surface area (TPSA) is 256 Å². The van der Waals surface area contributed by atoms with Crippen molar-refractivity contribution in [3.05, 3.63) is 0 Å². The molecule has 0 saturated carbocycles. The minimum atomic E-state index is -0.711. The molecule has 0 aliphatic heterocycles. The Morgan fingerprint density at radius 2 is 0.774 bits per heavy atom. The summed E-state index contributed by atoms with van der Waals surface area (Å²) in [6, 6.07) is 0. The zero-order valence-corrected chi connectivity index (χ0v) is 58.0. The molecule has 0 spiro atoms. The maximum Gasteiger partial charge on any atom is 0.306 e. The number of aliphatic carboxylic acids is 1. The van der Waals surface area contributed by atoms with Crippen molar-refractivity contribution in [2.45, 2.75) is 341 Å². The van der Waals surface area contributed by atoms with Crippen molar-refractivity contribution >= 4 is 23.9 Å². The molecule has 0 saturated heterocycles. The molecule has 0 aliphatic rings. The van der Waals surface area contributed by atoms with E-state index in [4.69, 9.17) is 44.1 Å². The summed E-state index contributed by atoms with van der Waals surface area (Å²) in [6.07, 6.45) is 28.0. The molecule has 7 atom stereocenters. The Hall–Kier alpha value is -2.44. The fourth-order valence-electron chi connectivity index (χ4n) is 7.24. The van der Waals surface area contributed by atoms with Crippen LogP contribution in [0.5, 0.6) is 0 Å². The number of carboxylic acids is 1. The fraction of sp³-hybridized carbons (Fsp3) is 0.941. The summed E-state index contributed by atoms with van der Waals surface area (Å²) in [7, 11) is 0. The molecule has 84 heavy (non-hydrogen) atoms. The quantitative estimate of drug-likeness (QED) is 0.0129. The molecule has 0 aromatic rings. The molecule has 0 aromatic heterocycles. The normalized spacial score (nSPS) is 12.8. The summed E-state index contributed by atoms with van der Waals surface area (Å²) in [6.45, 7) is 38.4. The first-order valence-electron chi connectivity index (χ1n) is 34.0. The smallest absolute Gasteiger partial charge is 0.306 e. The Morgan fingerprint density at radius 3 is 1.10 bits per heavy atom. The van der Waals surface area contributed by atoms with Crippen LogP contribution in [0.4, 0.5) is 0 Å². The second-order valence-corrected chi connectivity index (χ2v) is 21.4. The molecule has 0 heterocycles. The number of hydrogen-bond donors (Lipinski definition) is 7. The van der Waals surface area contributed by atoms with Gasteiger partial charge < -0.3 is 59.4 Å². The van der Waals surface area contributed by atoms with E-state index in [1.165, 1.54) is 32.1 Å². The van der Waals surface area contributed by atoms with E-state index in [0.717, 1.165) is 154 Å². The van der Waals surface area contributed by atoms with E-state index in [0.29, 0.717) is 58.0 Å². The Kier molecular flexibility index (Phi) is 98.7. The van der Waals surface area contributed by atoms with Crippen LogP contribution >= 0.6 is 0 Å². The van der Waals surface area contributed by atoms with Gasteiger partial charge in [-0.2, -0.15) is 0 Å². The molecular formula is C68H144O16. The molecule has 16 heteroatoms. The second kappa shape index (κ2) is 84.8. The summed E-state index contributed by atoms with van der Waals surface area (Å²) in [5.74, 6) is -0.239. The summed E-state index contributed by atoms with van der Waals surface area (Å²) in [5.41, 5.74) is 0. The van der Waals surface area contributed by atoms with Crippen LogP contribution in [0.25, 0.3) is 0 Å². The third kappa shape index (κ3) is 81.6. The number of hydrogen-bond acceptors (Lipinski definition) is 15. The minimum Gasteiger partial charge on any atom is -0.481 e. The number of esters is 3. The average Bonchev–Trinajstić information content (AvgIpc) is 3.49. The predicted octanol–water partition coefficient (Wildman–Crippen LogP) is 15.9. The summed E-state index contributed by atoms with van der Waals surface area (Å²) in [4.78, 5) is 42.8. The molecule has 0 aliphatic carbocycles. The molecule has 0 amide bonds. The van der Waals surface area contributed by atoms with E-state index >= 15 is 0 Å². The standard InChI is InChI=1S/2C12H24O3.C12H26O2.C8H18O2.C8H16O2.C8H18O.C4H8O2.C4H10O/c1-4-7-11(13)10(6-3)9-15-12(14)8-5-2;1-4-7-11(10(6-3)9-13)15-12(14)8-5-2;1-4-7-10-13-12(9-6-3)14-11-8-5-2;1-3-5-8(10)7(4-2)6-9;1-3-5-7-10-8(9)6-4-2;1-3-5-6-8(4-2)7-9;1-2-3-4(5)6;1-2-3-4-5/h2*10-11,13H,4-9H2,1-3H3;12H,4-11H2,1-3H3;7-10H,3-6H2,1-2H3;3-7H2,1-2H3;8-9H,3-7H2,1-2H3;2-3H2,1H3,(H,5,6);5H,2-4H2,1H3. The van der Waals surface area contributed by atoms with Gasteiger partial charge in [-0.15, -0.1) is 0 Å². The number of unbranched alkanes of at least 4 members (excludes halogenated alkanes) is 5. The van der Waals surface area contributed by atoms with Crippen LogP contribution in [0.15, 0.2) is 0 Å². The highest BCUT2D eigenvalue weighted by atomic mass is 16.7. The number of rotatable bonds is 45. The Bertz CT molecular complexity index is 1220. The van der Waals surface area contributed by atoms with Gasteiger partial charge in [0, 0.05) is 83.1 Å². The van der Waals surface area contributed by atoms with Crippen molar-refractivity contribution in [3.8, 4) is 0 Å². The molecule has 512 valence electrons. The van der Waals surface area contributed by atoms with Gasteiger partial charge in [0.25, 0.3) is 0 Å². The van der Waals surface area contributed by atoms with Gasteiger partial charge in [0.2, 0.25) is 0 Å². The lowest BCUT2D eigenvalue weighted by Crippen LogP contribution is -2.29. The summed E-state index contributed by atoms with van der Waals surface area (Å²) in [5, 5.41) is 61.8. The average molecular weight is 1220 g/mol. The molecule has 7 N–H and O–H groups in total. The van der Waals surface area contributed by atoms with Crippen molar-refractivity contribution in [2.24, 2.45) is 23.7 Å². The molecule has 16 nitrogen and oxygen atoms in total. The third-order valence-electron chi connectivity index (χ3n) is 13.2. The van der Waals surface area contributed by atoms with Gasteiger partial charge in [0.05, 0.1) is 25.4 Å². The van der Waals surface area contributed by atoms with Crippen molar-refractivity contribution in [1.29, 1.82) is 0 Å². The SMILES string of the molecule is CCCC(=O)O.CCCC(=O)OC(CCC)C(CC)CO.CCCC(=O)OCC(CC)C(O)CCC.CCCC(O)C(CC)CO.CCCCC(CC)CO.CCCCO.CCCCOC(=O)CCC.CCCCOC(CCC)OCCCC. The largest absolute Gasteiger partial charge is 0.481 e. The highest BCUT2D eigenvalue weighted by Crippen LogP contribution is 2.19. The summed E-state index contributed by atoms with van der Waals surface area (Å²) < 4.78 is 26.7.